The minimum absolute atomic E-state index is 0.168. The Kier molecular flexibility index (Phi) is 6.61. The molecular formula is C22H28N2O3. The highest BCUT2D eigenvalue weighted by atomic mass is 16.6. The molecule has 0 saturated carbocycles. The number of benzene rings is 2. The Balaban J connectivity index is 2.28. The van der Waals surface area contributed by atoms with Gasteiger partial charge in [-0.1, -0.05) is 48.5 Å². The number of ether oxygens (including phenoxy) is 1. The summed E-state index contributed by atoms with van der Waals surface area (Å²) in [4.78, 5) is 28.8. The molecule has 0 heterocycles. The number of anilines is 1. The molecule has 5 nitrogen and oxygen atoms in total. The lowest BCUT2D eigenvalue weighted by Gasteiger charge is -2.32. The van der Waals surface area contributed by atoms with Crippen molar-refractivity contribution in [2.75, 3.05) is 19.0 Å². The van der Waals surface area contributed by atoms with Gasteiger partial charge in [-0.2, -0.15) is 0 Å². The van der Waals surface area contributed by atoms with Crippen molar-refractivity contribution in [3.05, 3.63) is 66.2 Å². The van der Waals surface area contributed by atoms with Crippen LogP contribution in [-0.4, -0.2) is 42.6 Å². The van der Waals surface area contributed by atoms with Crippen molar-refractivity contribution in [2.24, 2.45) is 0 Å². The fraction of sp³-hybridized carbons (Fsp3) is 0.364. The summed E-state index contributed by atoms with van der Waals surface area (Å²) in [6.45, 7) is 5.43. The second kappa shape index (κ2) is 8.71. The number of likely N-dealkylation sites (N-methyl/N-ethyl adjacent to an activating group) is 2. The quantitative estimate of drug-likeness (QED) is 0.797. The normalized spacial score (nSPS) is 12.2. The molecule has 0 aromatic heterocycles. The maximum absolute atomic E-state index is 13.2. The van der Waals surface area contributed by atoms with Crippen LogP contribution in [0, 0.1) is 0 Å². The fourth-order valence-electron chi connectivity index (χ4n) is 2.69. The van der Waals surface area contributed by atoms with Crippen LogP contribution in [-0.2, 0) is 16.0 Å². The lowest BCUT2D eigenvalue weighted by Crippen LogP contribution is -2.50. The summed E-state index contributed by atoms with van der Waals surface area (Å²) in [7, 11) is 3.33. The van der Waals surface area contributed by atoms with Gasteiger partial charge in [0.05, 0.1) is 0 Å². The van der Waals surface area contributed by atoms with Crippen LogP contribution in [0.5, 0.6) is 0 Å². The summed E-state index contributed by atoms with van der Waals surface area (Å²) in [5.74, 6) is -0.168. The molecule has 0 fully saturated rings. The Morgan fingerprint density at radius 2 is 1.44 bits per heavy atom. The summed E-state index contributed by atoms with van der Waals surface area (Å²) in [5, 5.41) is 0. The van der Waals surface area contributed by atoms with Crippen molar-refractivity contribution in [1.82, 2.24) is 4.90 Å². The van der Waals surface area contributed by atoms with Crippen molar-refractivity contribution in [3.63, 3.8) is 0 Å². The topological polar surface area (TPSA) is 49.9 Å². The monoisotopic (exact) mass is 368 g/mol. The van der Waals surface area contributed by atoms with E-state index < -0.39 is 17.7 Å². The number of carbonyl (C=O) groups excluding carboxylic acids is 2. The third-order valence-corrected chi connectivity index (χ3v) is 4.18. The van der Waals surface area contributed by atoms with Gasteiger partial charge in [0, 0.05) is 26.2 Å². The summed E-state index contributed by atoms with van der Waals surface area (Å²) in [5.41, 5.74) is 1.13. The SMILES string of the molecule is CN(C(=O)C(Cc1ccccc1)N(C)C(=O)OC(C)(C)C)c1ccccc1. The third kappa shape index (κ3) is 5.84. The first-order valence-electron chi connectivity index (χ1n) is 9.01. The van der Waals surface area contributed by atoms with Gasteiger partial charge >= 0.3 is 6.09 Å². The maximum atomic E-state index is 13.2. The first kappa shape index (κ1) is 20.5. The zero-order chi connectivity index (χ0) is 20.0. The van der Waals surface area contributed by atoms with E-state index >= 15 is 0 Å². The molecule has 1 unspecified atom stereocenters. The molecule has 0 radical (unpaired) electrons. The van der Waals surface area contributed by atoms with E-state index in [0.717, 1.165) is 11.3 Å². The zero-order valence-corrected chi connectivity index (χ0v) is 16.7. The van der Waals surface area contributed by atoms with E-state index in [2.05, 4.69) is 0 Å². The van der Waals surface area contributed by atoms with Gasteiger partial charge in [0.15, 0.2) is 0 Å². The van der Waals surface area contributed by atoms with Crippen molar-refractivity contribution in [2.45, 2.75) is 38.8 Å². The van der Waals surface area contributed by atoms with Gasteiger partial charge in [-0.05, 0) is 38.5 Å². The summed E-state index contributed by atoms with van der Waals surface area (Å²) in [6.07, 6.45) is -0.106. The van der Waals surface area contributed by atoms with Crippen LogP contribution in [0.15, 0.2) is 60.7 Å². The number of hydrogen-bond donors (Lipinski definition) is 0. The van der Waals surface area contributed by atoms with E-state index in [1.807, 2.05) is 81.4 Å². The van der Waals surface area contributed by atoms with Gasteiger partial charge in [0.25, 0.3) is 0 Å². The van der Waals surface area contributed by atoms with Crippen LogP contribution in [0.3, 0.4) is 0 Å². The van der Waals surface area contributed by atoms with Crippen LogP contribution >= 0.6 is 0 Å². The summed E-state index contributed by atoms with van der Waals surface area (Å²) < 4.78 is 5.47. The average Bonchev–Trinajstić information content (AvgIpc) is 2.64. The standard InChI is InChI=1S/C22H28N2O3/c1-22(2,3)27-21(26)24(5)19(16-17-12-8-6-9-13-17)20(25)23(4)18-14-10-7-11-15-18/h6-15,19H,16H2,1-5H3. The Labute approximate surface area is 161 Å². The summed E-state index contributed by atoms with van der Waals surface area (Å²) in [6, 6.07) is 18.4. The van der Waals surface area contributed by atoms with Crippen molar-refractivity contribution < 1.29 is 14.3 Å². The predicted molar refractivity (Wildman–Crippen MR) is 108 cm³/mol. The van der Waals surface area contributed by atoms with Gasteiger partial charge in [-0.25, -0.2) is 4.79 Å². The Morgan fingerprint density at radius 3 is 1.96 bits per heavy atom. The lowest BCUT2D eigenvalue weighted by molar-refractivity contribution is -0.123. The number of amides is 2. The maximum Gasteiger partial charge on any atom is 0.410 e. The van der Waals surface area contributed by atoms with Crippen LogP contribution in [0.25, 0.3) is 0 Å². The molecule has 0 bridgehead atoms. The molecule has 0 aliphatic carbocycles. The highest BCUT2D eigenvalue weighted by molar-refractivity contribution is 5.98. The molecule has 0 saturated heterocycles. The molecule has 2 amide bonds. The second-order valence-corrected chi connectivity index (χ2v) is 7.53. The molecule has 0 aliphatic rings. The van der Waals surface area contributed by atoms with Crippen LogP contribution in [0.2, 0.25) is 0 Å². The van der Waals surface area contributed by atoms with E-state index in [4.69, 9.17) is 4.74 Å². The smallest absolute Gasteiger partial charge is 0.410 e. The van der Waals surface area contributed by atoms with Crippen LogP contribution < -0.4 is 4.90 Å². The Bertz CT molecular complexity index is 754. The van der Waals surface area contributed by atoms with Crippen LogP contribution in [0.1, 0.15) is 26.3 Å². The second-order valence-electron chi connectivity index (χ2n) is 7.53. The molecule has 0 spiro atoms. The molecule has 2 aromatic rings. The molecule has 0 aliphatic heterocycles. The number of rotatable bonds is 5. The number of carbonyl (C=O) groups is 2. The number of hydrogen-bond acceptors (Lipinski definition) is 3. The van der Waals surface area contributed by atoms with E-state index in [-0.39, 0.29) is 5.91 Å². The van der Waals surface area contributed by atoms with E-state index in [0.29, 0.717) is 6.42 Å². The highest BCUT2D eigenvalue weighted by Gasteiger charge is 2.32. The van der Waals surface area contributed by atoms with E-state index in [1.54, 1.807) is 19.0 Å². The largest absolute Gasteiger partial charge is 0.444 e. The minimum Gasteiger partial charge on any atom is -0.444 e. The van der Waals surface area contributed by atoms with Gasteiger partial charge in [-0.15, -0.1) is 0 Å². The van der Waals surface area contributed by atoms with E-state index in [9.17, 15) is 9.59 Å². The van der Waals surface area contributed by atoms with Gasteiger partial charge < -0.3 is 9.64 Å². The minimum atomic E-state index is -0.674. The van der Waals surface area contributed by atoms with Gasteiger partial charge in [-0.3, -0.25) is 9.69 Å². The lowest BCUT2D eigenvalue weighted by atomic mass is 10.0. The first-order valence-corrected chi connectivity index (χ1v) is 9.01. The predicted octanol–water partition coefficient (Wildman–Crippen LogP) is 4.13. The average molecular weight is 368 g/mol. The Morgan fingerprint density at radius 1 is 0.926 bits per heavy atom. The fourth-order valence-corrected chi connectivity index (χ4v) is 2.69. The van der Waals surface area contributed by atoms with E-state index in [1.165, 1.54) is 4.90 Å². The third-order valence-electron chi connectivity index (χ3n) is 4.18. The molecular weight excluding hydrogens is 340 g/mol. The highest BCUT2D eigenvalue weighted by Crippen LogP contribution is 2.18. The molecule has 0 N–H and O–H groups in total. The molecule has 1 atom stereocenters. The first-order chi connectivity index (χ1) is 12.7. The molecule has 2 aromatic carbocycles. The van der Waals surface area contributed by atoms with Gasteiger partial charge in [0.1, 0.15) is 11.6 Å². The van der Waals surface area contributed by atoms with Gasteiger partial charge in [0.2, 0.25) is 5.91 Å². The van der Waals surface area contributed by atoms with Crippen molar-refractivity contribution in [1.29, 1.82) is 0 Å². The molecule has 27 heavy (non-hydrogen) atoms. The molecule has 144 valence electrons. The van der Waals surface area contributed by atoms with Crippen molar-refractivity contribution in [3.8, 4) is 0 Å². The number of para-hydroxylation sites is 1. The zero-order valence-electron chi connectivity index (χ0n) is 16.7. The van der Waals surface area contributed by atoms with Crippen LogP contribution in [0.4, 0.5) is 10.5 Å². The Hall–Kier alpha value is -2.82. The van der Waals surface area contributed by atoms with Crippen molar-refractivity contribution >= 4 is 17.7 Å². The molecule has 5 heteroatoms. The summed E-state index contributed by atoms with van der Waals surface area (Å²) >= 11 is 0. The molecule has 2 rings (SSSR count). The number of nitrogens with zero attached hydrogens (tertiary/aromatic N) is 2.